The van der Waals surface area contributed by atoms with E-state index >= 15 is 0 Å². The van der Waals surface area contributed by atoms with Gasteiger partial charge in [-0.25, -0.2) is 0 Å². The summed E-state index contributed by atoms with van der Waals surface area (Å²) in [6.45, 7) is 1.59. The number of nitrogens with zero attached hydrogens (tertiary/aromatic N) is 1. The maximum atomic E-state index is 10.9. The van der Waals surface area contributed by atoms with Crippen LogP contribution < -0.4 is 4.35 Å². The Hall–Kier alpha value is -1.03. The average Bonchev–Trinajstić information content (AvgIpc) is 2.15. The molecule has 1 aromatic rings. The summed E-state index contributed by atoms with van der Waals surface area (Å²) >= 11 is -4.78. The molecule has 0 aliphatic heterocycles. The van der Waals surface area contributed by atoms with Crippen molar-refractivity contribution in [3.05, 3.63) is 29.8 Å². The SMILES string of the molecule is CC(=NO)c1ccc([As](=O)(O)O)cc1. The number of benzene rings is 1. The molecule has 0 heterocycles. The summed E-state index contributed by atoms with van der Waals surface area (Å²) in [4.78, 5) is 0. The van der Waals surface area contributed by atoms with Gasteiger partial charge in [-0.3, -0.25) is 0 Å². The third-order valence-electron chi connectivity index (χ3n) is 1.77. The monoisotopic (exact) mass is 259 g/mol. The summed E-state index contributed by atoms with van der Waals surface area (Å²) in [5.74, 6) is 0. The van der Waals surface area contributed by atoms with Crippen LogP contribution in [0.5, 0.6) is 0 Å². The molecule has 0 unspecified atom stereocenters. The van der Waals surface area contributed by atoms with Gasteiger partial charge < -0.3 is 0 Å². The molecule has 1 aromatic carbocycles. The molecule has 1 rings (SSSR count). The molecule has 5 nitrogen and oxygen atoms in total. The summed E-state index contributed by atoms with van der Waals surface area (Å²) in [5.41, 5.74) is 1.02. The van der Waals surface area contributed by atoms with E-state index < -0.39 is 14.2 Å². The molecule has 0 aliphatic rings. The summed E-state index contributed by atoms with van der Waals surface area (Å²) in [6.07, 6.45) is 0. The van der Waals surface area contributed by atoms with Crippen LogP contribution in [-0.2, 0) is 3.74 Å². The Balaban J connectivity index is 3.07. The van der Waals surface area contributed by atoms with Crippen LogP contribution in [0.3, 0.4) is 0 Å². The van der Waals surface area contributed by atoms with Crippen LogP contribution in [0.15, 0.2) is 29.4 Å². The number of rotatable bonds is 2. The van der Waals surface area contributed by atoms with Gasteiger partial charge in [-0.15, -0.1) is 0 Å². The first-order valence-corrected chi connectivity index (χ1v) is 7.18. The van der Waals surface area contributed by atoms with E-state index in [4.69, 9.17) is 13.4 Å². The van der Waals surface area contributed by atoms with Gasteiger partial charge in [-0.2, -0.15) is 0 Å². The fourth-order valence-corrected chi connectivity index (χ4v) is 2.08. The molecular weight excluding hydrogens is 249 g/mol. The molecule has 0 aliphatic carbocycles. The van der Waals surface area contributed by atoms with E-state index in [1.54, 1.807) is 6.92 Å². The first-order chi connectivity index (χ1) is 6.45. The van der Waals surface area contributed by atoms with Crippen molar-refractivity contribution in [3.63, 3.8) is 0 Å². The van der Waals surface area contributed by atoms with Crippen LogP contribution in [0.4, 0.5) is 0 Å². The van der Waals surface area contributed by atoms with E-state index in [0.29, 0.717) is 11.3 Å². The second-order valence-electron chi connectivity index (χ2n) is 2.78. The van der Waals surface area contributed by atoms with Crippen molar-refractivity contribution in [3.8, 4) is 0 Å². The third kappa shape index (κ3) is 2.48. The van der Waals surface area contributed by atoms with Crippen molar-refractivity contribution in [2.45, 2.75) is 6.92 Å². The Kier molecular flexibility index (Phi) is 3.16. The van der Waals surface area contributed by atoms with Crippen LogP contribution in [0.2, 0.25) is 0 Å². The van der Waals surface area contributed by atoms with Gasteiger partial charge in [0.2, 0.25) is 0 Å². The molecule has 0 fully saturated rings. The second kappa shape index (κ2) is 4.00. The summed E-state index contributed by atoms with van der Waals surface area (Å²) in [7, 11) is 0. The Morgan fingerprint density at radius 2 is 1.79 bits per heavy atom. The molecule has 14 heavy (non-hydrogen) atoms. The van der Waals surface area contributed by atoms with Crippen molar-refractivity contribution in [2.24, 2.45) is 5.16 Å². The van der Waals surface area contributed by atoms with Crippen molar-refractivity contribution >= 4 is 24.2 Å². The van der Waals surface area contributed by atoms with Crippen molar-refractivity contribution in [2.75, 3.05) is 0 Å². The fraction of sp³-hybridized carbons (Fsp3) is 0.125. The Morgan fingerprint density at radius 1 is 1.29 bits per heavy atom. The zero-order valence-electron chi connectivity index (χ0n) is 7.45. The van der Waals surface area contributed by atoms with Gasteiger partial charge >= 0.3 is 83.3 Å². The van der Waals surface area contributed by atoms with Gasteiger partial charge in [0, 0.05) is 0 Å². The Labute approximate surface area is 83.7 Å². The number of hydrogen-bond donors (Lipinski definition) is 3. The van der Waals surface area contributed by atoms with Crippen molar-refractivity contribution < 1.29 is 17.1 Å². The van der Waals surface area contributed by atoms with Gasteiger partial charge in [0.25, 0.3) is 0 Å². The molecule has 0 amide bonds. The van der Waals surface area contributed by atoms with Crippen LogP contribution in [0.1, 0.15) is 12.5 Å². The molecule has 0 atom stereocenters. The molecule has 0 saturated heterocycles. The van der Waals surface area contributed by atoms with E-state index in [1.807, 2.05) is 0 Å². The predicted octanol–water partition coefficient (Wildman–Crippen LogP) is -0.554. The van der Waals surface area contributed by atoms with Gasteiger partial charge in [-0.1, -0.05) is 0 Å². The summed E-state index contributed by atoms with van der Waals surface area (Å²) in [5, 5.41) is 11.4. The normalized spacial score (nSPS) is 12.9. The Morgan fingerprint density at radius 3 is 2.14 bits per heavy atom. The standard InChI is InChI=1S/C8H10AsNO4/c1-6(10-14)7-2-4-8(5-3-7)9(11,12)13/h2-5,14H,1H3,(H2,11,12,13). The van der Waals surface area contributed by atoms with Gasteiger partial charge in [0.05, 0.1) is 0 Å². The topological polar surface area (TPSA) is 90.1 Å². The van der Waals surface area contributed by atoms with Crippen LogP contribution in [0, 0.1) is 0 Å². The third-order valence-corrected chi connectivity index (χ3v) is 3.81. The van der Waals surface area contributed by atoms with Crippen molar-refractivity contribution in [1.82, 2.24) is 0 Å². The molecule has 0 bridgehead atoms. The van der Waals surface area contributed by atoms with Crippen LogP contribution in [0.25, 0.3) is 0 Å². The summed E-state index contributed by atoms with van der Waals surface area (Å²) in [6, 6.07) is 5.68. The first kappa shape index (κ1) is 11.0. The number of oxime groups is 1. The number of hydrogen-bond acceptors (Lipinski definition) is 3. The zero-order chi connectivity index (χ0) is 10.8. The van der Waals surface area contributed by atoms with Gasteiger partial charge in [0.15, 0.2) is 0 Å². The molecule has 6 heteroatoms. The molecule has 3 N–H and O–H groups in total. The molecular formula is C8H10AsNO4. The fourth-order valence-electron chi connectivity index (χ4n) is 0.955. The minimum absolute atomic E-state index is 0.0117. The molecule has 76 valence electrons. The van der Waals surface area contributed by atoms with E-state index in [9.17, 15) is 3.74 Å². The first-order valence-electron chi connectivity index (χ1n) is 3.80. The van der Waals surface area contributed by atoms with E-state index in [0.717, 1.165) is 0 Å². The maximum absolute atomic E-state index is 10.9. The molecule has 0 spiro atoms. The van der Waals surface area contributed by atoms with Gasteiger partial charge in [-0.05, 0) is 0 Å². The molecule has 0 radical (unpaired) electrons. The quantitative estimate of drug-likeness (QED) is 0.287. The average molecular weight is 259 g/mol. The van der Waals surface area contributed by atoms with E-state index in [1.165, 1.54) is 24.3 Å². The van der Waals surface area contributed by atoms with Crippen LogP contribution >= 0.6 is 0 Å². The van der Waals surface area contributed by atoms with Gasteiger partial charge in [0.1, 0.15) is 0 Å². The summed E-state index contributed by atoms with van der Waals surface area (Å²) < 4.78 is 28.6. The predicted molar refractivity (Wildman–Crippen MR) is 51.0 cm³/mol. The second-order valence-corrected chi connectivity index (χ2v) is 6.14. The van der Waals surface area contributed by atoms with E-state index in [2.05, 4.69) is 5.16 Å². The molecule has 0 saturated carbocycles. The van der Waals surface area contributed by atoms with E-state index in [-0.39, 0.29) is 4.35 Å². The minimum atomic E-state index is -4.78. The van der Waals surface area contributed by atoms with Crippen LogP contribution in [-0.4, -0.2) is 33.3 Å². The van der Waals surface area contributed by atoms with Crippen molar-refractivity contribution in [1.29, 1.82) is 0 Å². The Bertz CT molecular complexity index is 392. The zero-order valence-corrected chi connectivity index (χ0v) is 9.33. The molecule has 0 aromatic heterocycles.